The topological polar surface area (TPSA) is 41.9 Å². The van der Waals surface area contributed by atoms with Crippen molar-refractivity contribution in [2.24, 2.45) is 10.9 Å². The number of carbonyl (C=O) groups excluding carboxylic acids is 1. The summed E-state index contributed by atoms with van der Waals surface area (Å²) < 4.78 is 5.57. The van der Waals surface area contributed by atoms with E-state index in [9.17, 15) is 4.79 Å². The highest BCUT2D eigenvalue weighted by Gasteiger charge is 2.34. The van der Waals surface area contributed by atoms with E-state index < -0.39 is 0 Å². The zero-order valence-electron chi connectivity index (χ0n) is 19.5. The Morgan fingerprint density at radius 1 is 1.10 bits per heavy atom. The van der Waals surface area contributed by atoms with Crippen LogP contribution in [0.4, 0.5) is 5.69 Å². The maximum atomic E-state index is 13.3. The highest BCUT2D eigenvalue weighted by Crippen LogP contribution is 2.37. The molecule has 0 unspecified atom stereocenters. The van der Waals surface area contributed by atoms with Gasteiger partial charge in [-0.2, -0.15) is 0 Å². The third-order valence-corrected chi connectivity index (χ3v) is 6.23. The second kappa shape index (κ2) is 9.73. The van der Waals surface area contributed by atoms with Crippen LogP contribution in [-0.4, -0.2) is 29.6 Å². The lowest BCUT2D eigenvalue weighted by Crippen LogP contribution is -2.32. The maximum Gasteiger partial charge on any atom is 0.266 e. The average Bonchev–Trinajstić information content (AvgIpc) is 2.99. The van der Waals surface area contributed by atoms with Crippen molar-refractivity contribution in [3.63, 3.8) is 0 Å². The van der Waals surface area contributed by atoms with Crippen LogP contribution < -0.4 is 4.74 Å². The minimum absolute atomic E-state index is 0.0193. The van der Waals surface area contributed by atoms with Gasteiger partial charge in [-0.05, 0) is 84.5 Å². The van der Waals surface area contributed by atoms with Gasteiger partial charge in [-0.15, -0.1) is 0 Å². The molecule has 1 saturated heterocycles. The molecule has 164 valence electrons. The van der Waals surface area contributed by atoms with Crippen molar-refractivity contribution in [1.82, 2.24) is 4.90 Å². The summed E-state index contributed by atoms with van der Waals surface area (Å²) in [5.41, 5.74) is 5.32. The summed E-state index contributed by atoms with van der Waals surface area (Å²) in [7, 11) is 1.70. The summed E-state index contributed by atoms with van der Waals surface area (Å²) in [4.78, 5) is 20.6. The summed E-state index contributed by atoms with van der Waals surface area (Å²) >= 11 is 1.45. The number of aliphatic imine (C=N–C) groups is 1. The predicted octanol–water partition coefficient (Wildman–Crippen LogP) is 6.70. The molecule has 1 heterocycles. The van der Waals surface area contributed by atoms with Crippen LogP contribution in [0.1, 0.15) is 55.9 Å². The van der Waals surface area contributed by atoms with Gasteiger partial charge < -0.3 is 4.74 Å². The molecule has 0 atom stereocenters. The van der Waals surface area contributed by atoms with Gasteiger partial charge in [0, 0.05) is 6.54 Å². The fraction of sp³-hybridized carbons (Fsp3) is 0.385. The van der Waals surface area contributed by atoms with E-state index in [0.29, 0.717) is 23.3 Å². The number of amides is 1. The summed E-state index contributed by atoms with van der Waals surface area (Å²) in [6.45, 7) is 13.3. The molecule has 4 nitrogen and oxygen atoms in total. The molecule has 0 saturated carbocycles. The number of aryl methyl sites for hydroxylation is 2. The lowest BCUT2D eigenvalue weighted by molar-refractivity contribution is -0.122. The summed E-state index contributed by atoms with van der Waals surface area (Å²) in [5, 5.41) is 0.740. The fourth-order valence-electron chi connectivity index (χ4n) is 3.49. The normalized spacial score (nSPS) is 16.9. The molecule has 3 rings (SSSR count). The van der Waals surface area contributed by atoms with E-state index in [4.69, 9.17) is 9.73 Å². The van der Waals surface area contributed by atoms with E-state index in [1.54, 1.807) is 7.11 Å². The molecule has 0 radical (unpaired) electrons. The first-order chi connectivity index (χ1) is 14.7. The lowest BCUT2D eigenvalue weighted by Gasteiger charge is -2.18. The Kier molecular flexibility index (Phi) is 7.26. The van der Waals surface area contributed by atoms with Crippen molar-refractivity contribution in [3.8, 4) is 5.75 Å². The van der Waals surface area contributed by atoms with Crippen molar-refractivity contribution in [2.45, 2.75) is 47.5 Å². The minimum atomic E-state index is 0.0193. The summed E-state index contributed by atoms with van der Waals surface area (Å²) in [6, 6.07) is 12.3. The molecular formula is C26H32N2O2S. The molecule has 0 aliphatic carbocycles. The minimum Gasteiger partial charge on any atom is -0.496 e. The van der Waals surface area contributed by atoms with E-state index in [0.717, 1.165) is 33.3 Å². The largest absolute Gasteiger partial charge is 0.496 e. The van der Waals surface area contributed by atoms with E-state index in [-0.39, 0.29) is 5.91 Å². The molecular weight excluding hydrogens is 404 g/mol. The highest BCUT2D eigenvalue weighted by molar-refractivity contribution is 8.18. The van der Waals surface area contributed by atoms with E-state index in [1.165, 1.54) is 17.3 Å². The van der Waals surface area contributed by atoms with Gasteiger partial charge in [0.15, 0.2) is 5.17 Å². The monoisotopic (exact) mass is 436 g/mol. The van der Waals surface area contributed by atoms with E-state index in [2.05, 4.69) is 53.7 Å². The second-order valence-electron chi connectivity index (χ2n) is 8.76. The number of rotatable bonds is 6. The van der Waals surface area contributed by atoms with Crippen molar-refractivity contribution >= 4 is 34.6 Å². The third kappa shape index (κ3) is 5.40. The number of thioether (sulfide) groups is 1. The number of hydrogen-bond acceptors (Lipinski definition) is 4. The average molecular weight is 437 g/mol. The van der Waals surface area contributed by atoms with Gasteiger partial charge in [-0.1, -0.05) is 45.4 Å². The molecule has 1 amide bonds. The Bertz CT molecular complexity index is 1020. The number of hydrogen-bond donors (Lipinski definition) is 0. The van der Waals surface area contributed by atoms with Crippen LogP contribution >= 0.6 is 11.8 Å². The van der Waals surface area contributed by atoms with E-state index >= 15 is 0 Å². The Hall–Kier alpha value is -2.53. The van der Waals surface area contributed by atoms with Crippen molar-refractivity contribution < 1.29 is 9.53 Å². The maximum absolute atomic E-state index is 13.3. The summed E-state index contributed by atoms with van der Waals surface area (Å²) in [6.07, 6.45) is 2.00. The van der Waals surface area contributed by atoms with Gasteiger partial charge in [0.25, 0.3) is 5.91 Å². The number of methoxy groups -OCH3 is 1. The van der Waals surface area contributed by atoms with Gasteiger partial charge in [-0.3, -0.25) is 9.69 Å². The standard InChI is InChI=1S/C26H32N2O2S/c1-16(2)15-28-25(29)24(31-26(28)27-21-10-8-18(5)9-11-21)14-20-13-22(17(3)4)23(30-7)12-19(20)6/h8-14,16-17H,15H2,1-7H3/b24-14+,27-26?. The van der Waals surface area contributed by atoms with Crippen LogP contribution in [0.5, 0.6) is 5.75 Å². The first kappa shape index (κ1) is 23.1. The third-order valence-electron chi connectivity index (χ3n) is 5.22. The number of benzene rings is 2. The molecule has 0 N–H and O–H groups in total. The first-order valence-electron chi connectivity index (χ1n) is 10.7. The molecule has 2 aromatic carbocycles. The lowest BCUT2D eigenvalue weighted by atomic mass is 9.96. The Balaban J connectivity index is 2.02. The highest BCUT2D eigenvalue weighted by atomic mass is 32.2. The van der Waals surface area contributed by atoms with Crippen LogP contribution in [-0.2, 0) is 4.79 Å². The van der Waals surface area contributed by atoms with E-state index in [1.807, 2.05) is 35.2 Å². The first-order valence-corrected chi connectivity index (χ1v) is 11.6. The molecule has 2 aromatic rings. The van der Waals surface area contributed by atoms with Gasteiger partial charge in [0.2, 0.25) is 0 Å². The zero-order valence-corrected chi connectivity index (χ0v) is 20.3. The molecule has 5 heteroatoms. The molecule has 0 bridgehead atoms. The van der Waals surface area contributed by atoms with Crippen LogP contribution in [0.25, 0.3) is 6.08 Å². The van der Waals surface area contributed by atoms with Crippen molar-refractivity contribution in [2.75, 3.05) is 13.7 Å². The Morgan fingerprint density at radius 3 is 2.35 bits per heavy atom. The molecule has 1 fully saturated rings. The van der Waals surface area contributed by atoms with Crippen LogP contribution in [0, 0.1) is 19.8 Å². The van der Waals surface area contributed by atoms with Crippen LogP contribution in [0.3, 0.4) is 0 Å². The van der Waals surface area contributed by atoms with Crippen molar-refractivity contribution in [3.05, 3.63) is 63.6 Å². The quantitative estimate of drug-likeness (QED) is 0.473. The molecule has 31 heavy (non-hydrogen) atoms. The van der Waals surface area contributed by atoms with Gasteiger partial charge in [-0.25, -0.2) is 4.99 Å². The van der Waals surface area contributed by atoms with Gasteiger partial charge >= 0.3 is 0 Å². The smallest absolute Gasteiger partial charge is 0.266 e. The van der Waals surface area contributed by atoms with Gasteiger partial charge in [0.1, 0.15) is 5.75 Å². The molecule has 1 aliphatic rings. The van der Waals surface area contributed by atoms with Gasteiger partial charge in [0.05, 0.1) is 17.7 Å². The predicted molar refractivity (Wildman–Crippen MR) is 132 cm³/mol. The summed E-state index contributed by atoms with van der Waals surface area (Å²) in [5.74, 6) is 1.59. The fourth-order valence-corrected chi connectivity index (χ4v) is 4.49. The SMILES string of the molecule is COc1cc(C)c(/C=C2/SC(=Nc3ccc(C)cc3)N(CC(C)C)C2=O)cc1C(C)C. The molecule has 0 aromatic heterocycles. The Morgan fingerprint density at radius 2 is 1.77 bits per heavy atom. The number of carbonyl (C=O) groups is 1. The zero-order chi connectivity index (χ0) is 22.7. The number of amidine groups is 1. The number of nitrogens with zero attached hydrogens (tertiary/aromatic N) is 2. The second-order valence-corrected chi connectivity index (χ2v) is 9.76. The van der Waals surface area contributed by atoms with Crippen molar-refractivity contribution in [1.29, 1.82) is 0 Å². The molecule has 1 aliphatic heterocycles. The van der Waals surface area contributed by atoms with Crippen LogP contribution in [0.2, 0.25) is 0 Å². The van der Waals surface area contributed by atoms with Crippen LogP contribution in [0.15, 0.2) is 46.3 Å². The molecule has 0 spiro atoms. The Labute approximate surface area is 190 Å². The number of ether oxygens (including phenoxy) is 1.